The van der Waals surface area contributed by atoms with Gasteiger partial charge in [-0.05, 0) is 37.0 Å². The Morgan fingerprint density at radius 1 is 1.56 bits per heavy atom. The van der Waals surface area contributed by atoms with Crippen LogP contribution in [-0.4, -0.2) is 29.9 Å². The van der Waals surface area contributed by atoms with E-state index in [1.807, 2.05) is 6.92 Å². The predicted molar refractivity (Wildman–Crippen MR) is 68.8 cm³/mol. The smallest absolute Gasteiger partial charge is 0.254 e. The van der Waals surface area contributed by atoms with Gasteiger partial charge in [-0.25, -0.2) is 4.39 Å². The molecule has 0 aliphatic carbocycles. The monoisotopic (exact) mass is 250 g/mol. The van der Waals surface area contributed by atoms with Crippen LogP contribution in [-0.2, 0) is 0 Å². The topological polar surface area (TPSA) is 46.3 Å². The fraction of sp³-hybridized carbons (Fsp3) is 0.500. The van der Waals surface area contributed by atoms with Gasteiger partial charge >= 0.3 is 0 Å². The zero-order valence-electron chi connectivity index (χ0n) is 10.8. The standard InChI is InChI=1S/C14H19FN2O/c1-9-3-4-11(15)7-12(9)14(18)17-6-5-10(2)13(17)8-16/h3-4,7,10,13H,5-6,8,16H2,1-2H3. The number of halogens is 1. The molecule has 1 heterocycles. The molecule has 4 heteroatoms. The largest absolute Gasteiger partial charge is 0.334 e. The van der Waals surface area contributed by atoms with Crippen LogP contribution >= 0.6 is 0 Å². The van der Waals surface area contributed by atoms with Crippen molar-refractivity contribution in [3.8, 4) is 0 Å². The highest BCUT2D eigenvalue weighted by Gasteiger charge is 2.34. The first-order valence-corrected chi connectivity index (χ1v) is 6.31. The molecule has 2 rings (SSSR count). The minimum absolute atomic E-state index is 0.0696. The molecule has 98 valence electrons. The Hall–Kier alpha value is -1.42. The lowest BCUT2D eigenvalue weighted by molar-refractivity contribution is 0.0726. The summed E-state index contributed by atoms with van der Waals surface area (Å²) in [5.41, 5.74) is 6.98. The van der Waals surface area contributed by atoms with Crippen molar-refractivity contribution in [1.82, 2.24) is 4.90 Å². The van der Waals surface area contributed by atoms with Gasteiger partial charge in [-0.3, -0.25) is 4.79 Å². The number of hydrogen-bond acceptors (Lipinski definition) is 2. The first kappa shape index (κ1) is 13.0. The molecule has 0 bridgehead atoms. The van der Waals surface area contributed by atoms with E-state index in [1.54, 1.807) is 11.0 Å². The van der Waals surface area contributed by atoms with E-state index in [-0.39, 0.29) is 17.8 Å². The van der Waals surface area contributed by atoms with Gasteiger partial charge in [0.1, 0.15) is 5.82 Å². The maximum atomic E-state index is 13.3. The Bertz CT molecular complexity index is 461. The van der Waals surface area contributed by atoms with E-state index in [1.165, 1.54) is 12.1 Å². The Kier molecular flexibility index (Phi) is 3.66. The van der Waals surface area contributed by atoms with E-state index in [0.717, 1.165) is 12.0 Å². The molecule has 2 N–H and O–H groups in total. The number of benzene rings is 1. The molecule has 2 atom stereocenters. The van der Waals surface area contributed by atoms with Crippen molar-refractivity contribution >= 4 is 5.91 Å². The molecule has 0 spiro atoms. The first-order valence-electron chi connectivity index (χ1n) is 6.31. The third-order valence-electron chi connectivity index (χ3n) is 3.81. The van der Waals surface area contributed by atoms with Crippen molar-refractivity contribution in [2.45, 2.75) is 26.3 Å². The van der Waals surface area contributed by atoms with Crippen molar-refractivity contribution in [3.05, 3.63) is 35.1 Å². The summed E-state index contributed by atoms with van der Waals surface area (Å²) in [6.45, 7) is 5.09. The van der Waals surface area contributed by atoms with Crippen LogP contribution in [0.25, 0.3) is 0 Å². The van der Waals surface area contributed by atoms with Crippen LogP contribution in [0.2, 0.25) is 0 Å². The number of nitrogens with zero attached hydrogens (tertiary/aromatic N) is 1. The fourth-order valence-electron chi connectivity index (χ4n) is 2.60. The second kappa shape index (κ2) is 5.06. The van der Waals surface area contributed by atoms with Gasteiger partial charge in [0.15, 0.2) is 0 Å². The molecule has 0 saturated carbocycles. The molecule has 1 amide bonds. The van der Waals surface area contributed by atoms with Crippen LogP contribution in [0, 0.1) is 18.7 Å². The molecular formula is C14H19FN2O. The zero-order valence-corrected chi connectivity index (χ0v) is 10.8. The van der Waals surface area contributed by atoms with Gasteiger partial charge in [-0.15, -0.1) is 0 Å². The number of carbonyl (C=O) groups is 1. The van der Waals surface area contributed by atoms with E-state index in [9.17, 15) is 9.18 Å². The number of aryl methyl sites for hydroxylation is 1. The summed E-state index contributed by atoms with van der Waals surface area (Å²) in [4.78, 5) is 14.2. The Balaban J connectivity index is 2.28. The third kappa shape index (κ3) is 2.25. The second-order valence-corrected chi connectivity index (χ2v) is 5.03. The van der Waals surface area contributed by atoms with E-state index in [0.29, 0.717) is 24.6 Å². The Labute approximate surface area is 107 Å². The van der Waals surface area contributed by atoms with Crippen LogP contribution in [0.3, 0.4) is 0 Å². The quantitative estimate of drug-likeness (QED) is 0.872. The fourth-order valence-corrected chi connectivity index (χ4v) is 2.60. The summed E-state index contributed by atoms with van der Waals surface area (Å²) in [6.07, 6.45) is 0.960. The molecule has 18 heavy (non-hydrogen) atoms. The minimum atomic E-state index is -0.375. The molecule has 0 radical (unpaired) electrons. The number of amides is 1. The number of carbonyl (C=O) groups excluding carboxylic acids is 1. The summed E-state index contributed by atoms with van der Waals surface area (Å²) in [5, 5.41) is 0. The van der Waals surface area contributed by atoms with Gasteiger partial charge in [-0.1, -0.05) is 13.0 Å². The van der Waals surface area contributed by atoms with Crippen LogP contribution < -0.4 is 5.73 Å². The van der Waals surface area contributed by atoms with Crippen LogP contribution in [0.1, 0.15) is 29.3 Å². The Morgan fingerprint density at radius 3 is 2.94 bits per heavy atom. The lowest BCUT2D eigenvalue weighted by Crippen LogP contribution is -2.42. The molecule has 1 saturated heterocycles. The number of nitrogens with two attached hydrogens (primary N) is 1. The van der Waals surface area contributed by atoms with Crippen molar-refractivity contribution in [2.24, 2.45) is 11.7 Å². The molecule has 1 aromatic rings. The maximum Gasteiger partial charge on any atom is 0.254 e. The summed E-state index contributed by atoms with van der Waals surface area (Å²) in [5.74, 6) is -0.0693. The average Bonchev–Trinajstić information content (AvgIpc) is 2.72. The highest BCUT2D eigenvalue weighted by Crippen LogP contribution is 2.26. The SMILES string of the molecule is Cc1ccc(F)cc1C(=O)N1CCC(C)C1CN. The molecule has 3 nitrogen and oxygen atoms in total. The van der Waals surface area contributed by atoms with Crippen LogP contribution in [0.15, 0.2) is 18.2 Å². The highest BCUT2D eigenvalue weighted by atomic mass is 19.1. The van der Waals surface area contributed by atoms with Gasteiger partial charge < -0.3 is 10.6 Å². The van der Waals surface area contributed by atoms with Crippen molar-refractivity contribution in [1.29, 1.82) is 0 Å². The first-order chi connectivity index (χ1) is 8.54. The zero-order chi connectivity index (χ0) is 13.3. The molecule has 1 aliphatic heterocycles. The molecule has 1 aliphatic rings. The van der Waals surface area contributed by atoms with Gasteiger partial charge in [0.25, 0.3) is 5.91 Å². The van der Waals surface area contributed by atoms with Gasteiger partial charge in [0.2, 0.25) is 0 Å². The van der Waals surface area contributed by atoms with E-state index in [4.69, 9.17) is 5.73 Å². The van der Waals surface area contributed by atoms with Gasteiger partial charge in [0.05, 0.1) is 0 Å². The van der Waals surface area contributed by atoms with E-state index >= 15 is 0 Å². The maximum absolute atomic E-state index is 13.3. The number of rotatable bonds is 2. The third-order valence-corrected chi connectivity index (χ3v) is 3.81. The normalized spacial score (nSPS) is 23.4. The van der Waals surface area contributed by atoms with E-state index < -0.39 is 0 Å². The second-order valence-electron chi connectivity index (χ2n) is 5.03. The lowest BCUT2D eigenvalue weighted by Gasteiger charge is -2.26. The number of hydrogen-bond donors (Lipinski definition) is 1. The average molecular weight is 250 g/mol. The summed E-state index contributed by atoms with van der Waals surface area (Å²) in [7, 11) is 0. The van der Waals surface area contributed by atoms with Gasteiger partial charge in [0, 0.05) is 24.7 Å². The van der Waals surface area contributed by atoms with Crippen molar-refractivity contribution in [2.75, 3.05) is 13.1 Å². The van der Waals surface area contributed by atoms with Gasteiger partial charge in [-0.2, -0.15) is 0 Å². The molecule has 1 aromatic carbocycles. The highest BCUT2D eigenvalue weighted by molar-refractivity contribution is 5.96. The predicted octanol–water partition coefficient (Wildman–Crippen LogP) is 1.94. The van der Waals surface area contributed by atoms with E-state index in [2.05, 4.69) is 6.92 Å². The van der Waals surface area contributed by atoms with Crippen LogP contribution in [0.5, 0.6) is 0 Å². The summed E-state index contributed by atoms with van der Waals surface area (Å²) >= 11 is 0. The van der Waals surface area contributed by atoms with Crippen molar-refractivity contribution in [3.63, 3.8) is 0 Å². The molecule has 1 fully saturated rings. The summed E-state index contributed by atoms with van der Waals surface area (Å²) < 4.78 is 13.3. The summed E-state index contributed by atoms with van der Waals surface area (Å²) in [6, 6.07) is 4.40. The lowest BCUT2D eigenvalue weighted by atomic mass is 10.0. The van der Waals surface area contributed by atoms with Crippen molar-refractivity contribution < 1.29 is 9.18 Å². The molecule has 0 aromatic heterocycles. The number of likely N-dealkylation sites (tertiary alicyclic amines) is 1. The molecular weight excluding hydrogens is 231 g/mol. The molecule has 2 unspecified atom stereocenters. The minimum Gasteiger partial charge on any atom is -0.334 e. The Morgan fingerprint density at radius 2 is 2.28 bits per heavy atom. The van der Waals surface area contributed by atoms with Crippen LogP contribution in [0.4, 0.5) is 4.39 Å².